The fraction of sp³-hybridized carbons (Fsp3) is 0.750. The van der Waals surface area contributed by atoms with Crippen LogP contribution >= 0.6 is 0 Å². The summed E-state index contributed by atoms with van der Waals surface area (Å²) >= 11 is 0. The summed E-state index contributed by atoms with van der Waals surface area (Å²) in [4.78, 5) is 0. The van der Waals surface area contributed by atoms with Crippen LogP contribution in [0.1, 0.15) is 39.5 Å². The van der Waals surface area contributed by atoms with Crippen molar-refractivity contribution in [1.82, 2.24) is 0 Å². The Labute approximate surface area is 70.9 Å². The standard InChI is InChI=1S/2C4H9.Mn/c2*1-3-4-2;/h2*1,3-4H2,2H3;/q2*-1;+2. The van der Waals surface area contributed by atoms with Crippen LogP contribution in [-0.2, 0) is 17.1 Å². The van der Waals surface area contributed by atoms with Crippen molar-refractivity contribution < 1.29 is 17.1 Å². The molecule has 0 saturated carbocycles. The minimum absolute atomic E-state index is 0. The molecule has 9 heavy (non-hydrogen) atoms. The topological polar surface area (TPSA) is 0 Å². The van der Waals surface area contributed by atoms with Crippen LogP contribution in [0.3, 0.4) is 0 Å². The van der Waals surface area contributed by atoms with E-state index in [2.05, 4.69) is 27.7 Å². The molecule has 0 amide bonds. The summed E-state index contributed by atoms with van der Waals surface area (Å²) in [6.45, 7) is 11.4. The third kappa shape index (κ3) is 57.0. The van der Waals surface area contributed by atoms with Gasteiger partial charge in [-0.2, -0.15) is 12.8 Å². The van der Waals surface area contributed by atoms with Gasteiger partial charge >= 0.3 is 17.1 Å². The Hall–Kier alpha value is 0.519. The van der Waals surface area contributed by atoms with Crippen LogP contribution in [0.15, 0.2) is 0 Å². The van der Waals surface area contributed by atoms with E-state index in [9.17, 15) is 0 Å². The molecule has 0 saturated heterocycles. The second-order valence-corrected chi connectivity index (χ2v) is 1.71. The number of hydrogen-bond acceptors (Lipinski definition) is 0. The molecule has 0 aliphatic heterocycles. The SMILES string of the molecule is [CH2-]CCC.[CH2-]CCC.[Mn+2]. The van der Waals surface area contributed by atoms with E-state index in [1.807, 2.05) is 0 Å². The smallest absolute Gasteiger partial charge is 0.343 e. The van der Waals surface area contributed by atoms with Crippen LogP contribution in [0.25, 0.3) is 0 Å². The molecule has 0 atom stereocenters. The van der Waals surface area contributed by atoms with Gasteiger partial charge in [0.25, 0.3) is 0 Å². The van der Waals surface area contributed by atoms with Crippen molar-refractivity contribution in [2.75, 3.05) is 0 Å². The van der Waals surface area contributed by atoms with E-state index in [1.54, 1.807) is 0 Å². The van der Waals surface area contributed by atoms with Crippen LogP contribution in [-0.4, -0.2) is 0 Å². The molecule has 0 nitrogen and oxygen atoms in total. The van der Waals surface area contributed by atoms with Crippen molar-refractivity contribution in [2.45, 2.75) is 39.5 Å². The van der Waals surface area contributed by atoms with Gasteiger partial charge in [-0.1, -0.05) is 26.7 Å². The predicted molar refractivity (Wildman–Crippen MR) is 40.5 cm³/mol. The van der Waals surface area contributed by atoms with Gasteiger partial charge in [0.1, 0.15) is 0 Å². The molecule has 0 unspecified atom stereocenters. The zero-order valence-electron chi connectivity index (χ0n) is 6.62. The second-order valence-electron chi connectivity index (χ2n) is 1.71. The molecule has 57 valence electrons. The first-order valence-corrected chi connectivity index (χ1v) is 3.41. The number of rotatable bonds is 2. The summed E-state index contributed by atoms with van der Waals surface area (Å²) < 4.78 is 0. The van der Waals surface area contributed by atoms with Gasteiger partial charge in [0.2, 0.25) is 0 Å². The minimum atomic E-state index is 0. The Balaban J connectivity index is -0.0000000720. The molecule has 0 rings (SSSR count). The van der Waals surface area contributed by atoms with Crippen molar-refractivity contribution in [2.24, 2.45) is 0 Å². The first-order valence-electron chi connectivity index (χ1n) is 3.41. The van der Waals surface area contributed by atoms with Gasteiger partial charge in [0.05, 0.1) is 0 Å². The maximum Gasteiger partial charge on any atom is 2.00 e. The molecule has 0 aromatic carbocycles. The Morgan fingerprint density at radius 1 is 0.889 bits per heavy atom. The summed E-state index contributed by atoms with van der Waals surface area (Å²) in [7, 11) is 0. The largest absolute Gasteiger partial charge is 2.00 e. The Morgan fingerprint density at radius 3 is 1.00 bits per heavy atom. The molecule has 0 heterocycles. The number of hydrogen-bond donors (Lipinski definition) is 0. The van der Waals surface area contributed by atoms with Crippen LogP contribution in [0, 0.1) is 13.8 Å². The minimum Gasteiger partial charge on any atom is -0.343 e. The van der Waals surface area contributed by atoms with Crippen LogP contribution in [0.4, 0.5) is 0 Å². The second kappa shape index (κ2) is 23.6. The quantitative estimate of drug-likeness (QED) is 0.439. The van der Waals surface area contributed by atoms with Crippen LogP contribution < -0.4 is 0 Å². The van der Waals surface area contributed by atoms with E-state index >= 15 is 0 Å². The molecule has 1 radical (unpaired) electrons. The summed E-state index contributed by atoms with van der Waals surface area (Å²) in [5.41, 5.74) is 0. The molecule has 1 heteroatoms. The molecule has 0 N–H and O–H groups in total. The van der Waals surface area contributed by atoms with Gasteiger partial charge < -0.3 is 13.8 Å². The number of unbranched alkanes of at least 4 members (excludes halogenated alkanes) is 2. The van der Waals surface area contributed by atoms with Crippen LogP contribution in [0.2, 0.25) is 0 Å². The Morgan fingerprint density at radius 2 is 1.00 bits per heavy atom. The summed E-state index contributed by atoms with van der Waals surface area (Å²) in [5, 5.41) is 0. The average molecular weight is 169 g/mol. The molecule has 0 fully saturated rings. The molecule has 0 spiro atoms. The molecular weight excluding hydrogens is 151 g/mol. The molecule has 0 aromatic heterocycles. The van der Waals surface area contributed by atoms with Gasteiger partial charge in [-0.3, -0.25) is 0 Å². The summed E-state index contributed by atoms with van der Waals surface area (Å²) in [5.74, 6) is 0. The van der Waals surface area contributed by atoms with Gasteiger partial charge in [-0.05, 0) is 0 Å². The van der Waals surface area contributed by atoms with Gasteiger partial charge in [-0.25, -0.2) is 0 Å². The first kappa shape index (κ1) is 16.3. The monoisotopic (exact) mass is 169 g/mol. The molecule has 0 aliphatic rings. The Bertz CT molecular complexity index is 12.5. The maximum absolute atomic E-state index is 3.60. The molecule has 0 aromatic rings. The van der Waals surface area contributed by atoms with Crippen molar-refractivity contribution in [3.8, 4) is 0 Å². The van der Waals surface area contributed by atoms with E-state index in [4.69, 9.17) is 0 Å². The molecular formula is C8H18Mn. The zero-order valence-corrected chi connectivity index (χ0v) is 7.80. The normalized spacial score (nSPS) is 6.67. The van der Waals surface area contributed by atoms with E-state index in [-0.39, 0.29) is 17.1 Å². The third-order valence-corrected chi connectivity index (χ3v) is 0.707. The van der Waals surface area contributed by atoms with Gasteiger partial charge in [0.15, 0.2) is 0 Å². The predicted octanol–water partition coefficient (Wildman–Crippen LogP) is 3.24. The van der Waals surface area contributed by atoms with Gasteiger partial charge in [0, 0.05) is 0 Å². The van der Waals surface area contributed by atoms with Crippen molar-refractivity contribution >= 4 is 0 Å². The summed E-state index contributed by atoms with van der Waals surface area (Å²) in [6, 6.07) is 0. The van der Waals surface area contributed by atoms with E-state index in [0.717, 1.165) is 12.8 Å². The van der Waals surface area contributed by atoms with Crippen molar-refractivity contribution in [3.05, 3.63) is 13.8 Å². The van der Waals surface area contributed by atoms with Crippen molar-refractivity contribution in [3.63, 3.8) is 0 Å². The third-order valence-electron chi connectivity index (χ3n) is 0.707. The van der Waals surface area contributed by atoms with E-state index in [0.29, 0.717) is 0 Å². The maximum atomic E-state index is 3.60. The van der Waals surface area contributed by atoms with E-state index in [1.165, 1.54) is 12.8 Å². The zero-order chi connectivity index (χ0) is 6.83. The molecule has 0 bridgehead atoms. The average Bonchev–Trinajstić information content (AvgIpc) is 1.88. The fourth-order valence-electron chi connectivity index (χ4n) is 0. The summed E-state index contributed by atoms with van der Waals surface area (Å²) in [6.07, 6.45) is 4.56. The van der Waals surface area contributed by atoms with Crippen molar-refractivity contribution in [1.29, 1.82) is 0 Å². The first-order chi connectivity index (χ1) is 3.83. The fourth-order valence-corrected chi connectivity index (χ4v) is 0. The van der Waals surface area contributed by atoms with Gasteiger partial charge in [-0.15, -0.1) is 0 Å². The van der Waals surface area contributed by atoms with Crippen LogP contribution in [0.5, 0.6) is 0 Å². The van der Waals surface area contributed by atoms with E-state index < -0.39 is 0 Å². The molecule has 0 aliphatic carbocycles. The Kier molecular flexibility index (Phi) is 42.6.